The Morgan fingerprint density at radius 3 is 2.62 bits per heavy atom. The third-order valence-electron chi connectivity index (χ3n) is 3.26. The summed E-state index contributed by atoms with van der Waals surface area (Å²) in [4.78, 5) is 0. The highest BCUT2D eigenvalue weighted by Gasteiger charge is 2.38. The summed E-state index contributed by atoms with van der Waals surface area (Å²) in [7, 11) is 0. The van der Waals surface area contributed by atoms with E-state index in [9.17, 15) is 8.78 Å². The third-order valence-corrected chi connectivity index (χ3v) is 3.26. The van der Waals surface area contributed by atoms with Gasteiger partial charge in [0.15, 0.2) is 0 Å². The molecule has 90 valence electrons. The van der Waals surface area contributed by atoms with Crippen LogP contribution in [0.15, 0.2) is 22.8 Å². The summed E-state index contributed by atoms with van der Waals surface area (Å²) in [6.45, 7) is 0. The Hall–Kier alpha value is -0.940. The van der Waals surface area contributed by atoms with Crippen LogP contribution >= 0.6 is 0 Å². The van der Waals surface area contributed by atoms with E-state index in [1.165, 1.54) is 0 Å². The molecule has 1 saturated carbocycles. The molecule has 1 atom stereocenters. The molecule has 2 rings (SSSR count). The fraction of sp³-hybridized carbons (Fsp3) is 0.636. The molecular formula is C11H16F2N2O. The van der Waals surface area contributed by atoms with E-state index in [1.807, 2.05) is 6.07 Å². The normalized spacial score (nSPS) is 23.2. The Kier molecular flexibility index (Phi) is 3.25. The Balaban J connectivity index is 2.02. The van der Waals surface area contributed by atoms with Crippen molar-refractivity contribution < 1.29 is 13.2 Å². The maximum atomic E-state index is 13.0. The van der Waals surface area contributed by atoms with Crippen molar-refractivity contribution in [3.05, 3.63) is 24.2 Å². The van der Waals surface area contributed by atoms with Crippen LogP contribution in [0.3, 0.4) is 0 Å². The Bertz CT molecular complexity index is 317. The lowest BCUT2D eigenvalue weighted by Crippen LogP contribution is -2.37. The summed E-state index contributed by atoms with van der Waals surface area (Å²) in [5.41, 5.74) is 2.66. The van der Waals surface area contributed by atoms with E-state index in [4.69, 9.17) is 10.3 Å². The molecule has 1 aromatic heterocycles. The van der Waals surface area contributed by atoms with Gasteiger partial charge in [0.2, 0.25) is 5.92 Å². The maximum Gasteiger partial charge on any atom is 0.248 e. The first-order chi connectivity index (χ1) is 7.62. The lowest BCUT2D eigenvalue weighted by Gasteiger charge is -2.32. The van der Waals surface area contributed by atoms with Gasteiger partial charge >= 0.3 is 0 Å². The lowest BCUT2D eigenvalue weighted by atomic mass is 9.81. The van der Waals surface area contributed by atoms with Gasteiger partial charge in [-0.15, -0.1) is 0 Å². The number of nitrogens with one attached hydrogen (secondary N) is 1. The van der Waals surface area contributed by atoms with E-state index in [0.29, 0.717) is 12.8 Å². The molecule has 1 fully saturated rings. The minimum atomic E-state index is -2.50. The molecule has 0 bridgehead atoms. The second kappa shape index (κ2) is 4.51. The average molecular weight is 230 g/mol. The van der Waals surface area contributed by atoms with Gasteiger partial charge in [-0.1, -0.05) is 0 Å². The molecule has 0 amide bonds. The number of hydrazine groups is 1. The highest BCUT2D eigenvalue weighted by molar-refractivity contribution is 5.06. The average Bonchev–Trinajstić information content (AvgIpc) is 2.75. The van der Waals surface area contributed by atoms with Crippen LogP contribution < -0.4 is 11.3 Å². The molecule has 3 N–H and O–H groups in total. The van der Waals surface area contributed by atoms with Crippen molar-refractivity contribution in [3.63, 3.8) is 0 Å². The third kappa shape index (κ3) is 2.41. The van der Waals surface area contributed by atoms with Gasteiger partial charge in [0.25, 0.3) is 0 Å². The van der Waals surface area contributed by atoms with Crippen LogP contribution in [0.2, 0.25) is 0 Å². The largest absolute Gasteiger partial charge is 0.468 e. The lowest BCUT2D eigenvalue weighted by molar-refractivity contribution is -0.0505. The highest BCUT2D eigenvalue weighted by Crippen LogP contribution is 2.41. The van der Waals surface area contributed by atoms with Crippen LogP contribution in [0.4, 0.5) is 8.78 Å². The molecule has 1 aliphatic carbocycles. The van der Waals surface area contributed by atoms with E-state index >= 15 is 0 Å². The molecule has 0 spiro atoms. The zero-order valence-corrected chi connectivity index (χ0v) is 8.96. The van der Waals surface area contributed by atoms with E-state index < -0.39 is 5.92 Å². The van der Waals surface area contributed by atoms with Crippen LogP contribution in [0.1, 0.15) is 37.5 Å². The van der Waals surface area contributed by atoms with Crippen molar-refractivity contribution in [1.29, 1.82) is 0 Å². The summed E-state index contributed by atoms with van der Waals surface area (Å²) in [5.74, 6) is 3.80. The zero-order valence-electron chi connectivity index (χ0n) is 8.96. The standard InChI is InChI=1S/C11H16F2N2O/c12-11(13)5-3-8(4-6-11)10(15-14)9-2-1-7-16-9/h1-2,7-8,10,15H,3-6,14H2. The Morgan fingerprint density at radius 2 is 2.12 bits per heavy atom. The second-order valence-corrected chi connectivity index (χ2v) is 4.35. The van der Waals surface area contributed by atoms with E-state index in [-0.39, 0.29) is 24.8 Å². The van der Waals surface area contributed by atoms with Crippen molar-refractivity contribution in [2.45, 2.75) is 37.6 Å². The van der Waals surface area contributed by atoms with E-state index in [0.717, 1.165) is 5.76 Å². The first-order valence-corrected chi connectivity index (χ1v) is 5.50. The number of rotatable bonds is 3. The van der Waals surface area contributed by atoms with Gasteiger partial charge in [0.05, 0.1) is 12.3 Å². The molecule has 5 heteroatoms. The predicted molar refractivity (Wildman–Crippen MR) is 55.7 cm³/mol. The number of nitrogens with two attached hydrogens (primary N) is 1. The summed E-state index contributed by atoms with van der Waals surface area (Å²) in [6, 6.07) is 3.43. The number of alkyl halides is 2. The molecule has 0 saturated heterocycles. The number of furan rings is 1. The van der Waals surface area contributed by atoms with Gasteiger partial charge in [0.1, 0.15) is 5.76 Å². The van der Waals surface area contributed by atoms with Crippen molar-refractivity contribution in [3.8, 4) is 0 Å². The van der Waals surface area contributed by atoms with Crippen LogP contribution in [-0.4, -0.2) is 5.92 Å². The van der Waals surface area contributed by atoms with Crippen molar-refractivity contribution in [2.24, 2.45) is 11.8 Å². The topological polar surface area (TPSA) is 51.2 Å². The molecule has 16 heavy (non-hydrogen) atoms. The second-order valence-electron chi connectivity index (χ2n) is 4.35. The van der Waals surface area contributed by atoms with Crippen molar-refractivity contribution >= 4 is 0 Å². The summed E-state index contributed by atoms with van der Waals surface area (Å²) < 4.78 is 31.3. The number of hydrogen-bond acceptors (Lipinski definition) is 3. The van der Waals surface area contributed by atoms with E-state index in [1.54, 1.807) is 12.3 Å². The van der Waals surface area contributed by atoms with Crippen LogP contribution in [-0.2, 0) is 0 Å². The Labute approximate surface area is 93.0 Å². The molecule has 1 aliphatic rings. The van der Waals surface area contributed by atoms with Gasteiger partial charge in [0, 0.05) is 12.8 Å². The maximum absolute atomic E-state index is 13.0. The molecule has 0 radical (unpaired) electrons. The summed E-state index contributed by atoms with van der Waals surface area (Å²) in [5, 5.41) is 0. The van der Waals surface area contributed by atoms with Gasteiger partial charge in [-0.25, -0.2) is 14.2 Å². The fourth-order valence-electron chi connectivity index (χ4n) is 2.31. The fourth-order valence-corrected chi connectivity index (χ4v) is 2.31. The molecule has 3 nitrogen and oxygen atoms in total. The van der Waals surface area contributed by atoms with E-state index in [2.05, 4.69) is 5.43 Å². The molecular weight excluding hydrogens is 214 g/mol. The molecule has 1 unspecified atom stereocenters. The first-order valence-electron chi connectivity index (χ1n) is 5.50. The minimum Gasteiger partial charge on any atom is -0.468 e. The van der Waals surface area contributed by atoms with Crippen LogP contribution in [0.25, 0.3) is 0 Å². The van der Waals surface area contributed by atoms with Gasteiger partial charge < -0.3 is 4.42 Å². The molecule has 1 aromatic rings. The summed E-state index contributed by atoms with van der Waals surface area (Å²) in [6.07, 6.45) is 2.40. The van der Waals surface area contributed by atoms with Crippen LogP contribution in [0, 0.1) is 5.92 Å². The highest BCUT2D eigenvalue weighted by atomic mass is 19.3. The predicted octanol–water partition coefficient (Wildman–Crippen LogP) is 2.61. The monoisotopic (exact) mass is 230 g/mol. The van der Waals surface area contributed by atoms with Crippen molar-refractivity contribution in [1.82, 2.24) is 5.43 Å². The first kappa shape index (κ1) is 11.5. The van der Waals surface area contributed by atoms with Crippen molar-refractivity contribution in [2.75, 3.05) is 0 Å². The minimum absolute atomic E-state index is 0.0590. The van der Waals surface area contributed by atoms with Gasteiger partial charge in [-0.05, 0) is 30.9 Å². The zero-order chi connectivity index (χ0) is 11.6. The molecule has 0 aromatic carbocycles. The number of hydrogen-bond donors (Lipinski definition) is 2. The SMILES string of the molecule is NNC(c1ccco1)C1CCC(F)(F)CC1. The van der Waals surface area contributed by atoms with Gasteiger partial charge in [-0.2, -0.15) is 0 Å². The smallest absolute Gasteiger partial charge is 0.248 e. The van der Waals surface area contributed by atoms with Crippen LogP contribution in [0.5, 0.6) is 0 Å². The molecule has 0 aliphatic heterocycles. The Morgan fingerprint density at radius 1 is 1.44 bits per heavy atom. The summed E-state index contributed by atoms with van der Waals surface area (Å²) >= 11 is 0. The molecule has 1 heterocycles. The quantitative estimate of drug-likeness (QED) is 0.620. The number of halogens is 2. The van der Waals surface area contributed by atoms with Gasteiger partial charge in [-0.3, -0.25) is 5.84 Å².